The Morgan fingerprint density at radius 1 is 1.13 bits per heavy atom. The van der Waals surface area contributed by atoms with Crippen LogP contribution in [-0.2, 0) is 12.8 Å². The van der Waals surface area contributed by atoms with Crippen molar-refractivity contribution in [3.63, 3.8) is 0 Å². The summed E-state index contributed by atoms with van der Waals surface area (Å²) >= 11 is 1.26. The van der Waals surface area contributed by atoms with Gasteiger partial charge in [-0.15, -0.1) is 11.3 Å². The SMILES string of the molecule is Nc1c(C(=O)Nc2ccccc2F)sc2nc3c(cc12)CC(c1ccccc1)CC3. The first-order chi connectivity index (χ1) is 14.6. The second-order valence-corrected chi connectivity index (χ2v) is 8.58. The number of hydrogen-bond acceptors (Lipinski definition) is 4. The molecule has 3 N–H and O–H groups in total. The van der Waals surface area contributed by atoms with E-state index in [-0.39, 0.29) is 5.69 Å². The Morgan fingerprint density at radius 3 is 2.70 bits per heavy atom. The third kappa shape index (κ3) is 3.33. The Bertz CT molecular complexity index is 1250. The standard InChI is InChI=1S/C24H20FN3OS/c25-18-8-4-5-9-20(18)27-23(29)22-21(26)17-13-16-12-15(14-6-2-1-3-7-14)10-11-19(16)28-24(17)30-22/h1-9,13,15H,10-12,26H2,(H,27,29). The lowest BCUT2D eigenvalue weighted by atomic mass is 9.82. The number of anilines is 2. The maximum atomic E-state index is 13.9. The van der Waals surface area contributed by atoms with Crippen LogP contribution >= 0.6 is 11.3 Å². The van der Waals surface area contributed by atoms with Crippen molar-refractivity contribution in [1.82, 2.24) is 4.98 Å². The van der Waals surface area contributed by atoms with Gasteiger partial charge in [0.25, 0.3) is 5.91 Å². The summed E-state index contributed by atoms with van der Waals surface area (Å²) in [6, 6.07) is 18.7. The van der Waals surface area contributed by atoms with E-state index in [4.69, 9.17) is 10.7 Å². The molecule has 1 unspecified atom stereocenters. The van der Waals surface area contributed by atoms with Crippen molar-refractivity contribution in [2.75, 3.05) is 11.1 Å². The number of hydrogen-bond donors (Lipinski definition) is 2. The van der Waals surface area contributed by atoms with Crippen molar-refractivity contribution >= 4 is 38.8 Å². The van der Waals surface area contributed by atoms with E-state index in [1.165, 1.54) is 34.6 Å². The lowest BCUT2D eigenvalue weighted by Crippen LogP contribution is -2.14. The summed E-state index contributed by atoms with van der Waals surface area (Å²) in [5.41, 5.74) is 10.5. The van der Waals surface area contributed by atoms with Gasteiger partial charge in [0.2, 0.25) is 0 Å². The Hall–Kier alpha value is -3.25. The number of halogens is 1. The number of nitrogens with zero attached hydrogens (tertiary/aromatic N) is 1. The van der Waals surface area contributed by atoms with Crippen LogP contribution in [0.3, 0.4) is 0 Å². The van der Waals surface area contributed by atoms with Crippen molar-refractivity contribution in [3.8, 4) is 0 Å². The van der Waals surface area contributed by atoms with E-state index in [1.807, 2.05) is 6.07 Å². The van der Waals surface area contributed by atoms with Crippen molar-refractivity contribution in [1.29, 1.82) is 0 Å². The fourth-order valence-corrected chi connectivity index (χ4v) is 5.10. The van der Waals surface area contributed by atoms with Gasteiger partial charge in [0.05, 0.1) is 11.4 Å². The number of aryl methyl sites for hydroxylation is 1. The number of nitrogen functional groups attached to an aromatic ring is 1. The topological polar surface area (TPSA) is 68.0 Å². The van der Waals surface area contributed by atoms with Crippen LogP contribution in [0.2, 0.25) is 0 Å². The minimum absolute atomic E-state index is 0.136. The van der Waals surface area contributed by atoms with Gasteiger partial charge in [0.1, 0.15) is 15.5 Å². The molecule has 0 fully saturated rings. The molecular formula is C24H20FN3OS. The molecule has 1 amide bonds. The highest BCUT2D eigenvalue weighted by molar-refractivity contribution is 7.21. The summed E-state index contributed by atoms with van der Waals surface area (Å²) < 4.78 is 13.9. The average Bonchev–Trinajstić information content (AvgIpc) is 3.09. The van der Waals surface area contributed by atoms with E-state index in [2.05, 4.69) is 35.6 Å². The van der Waals surface area contributed by atoms with Gasteiger partial charge in [0, 0.05) is 11.1 Å². The van der Waals surface area contributed by atoms with Crippen molar-refractivity contribution in [2.24, 2.45) is 0 Å². The number of carbonyl (C=O) groups excluding carboxylic acids is 1. The molecule has 2 aromatic carbocycles. The number of para-hydroxylation sites is 1. The number of aromatic nitrogens is 1. The minimum atomic E-state index is -0.480. The molecule has 4 nitrogen and oxygen atoms in total. The third-order valence-electron chi connectivity index (χ3n) is 5.68. The van der Waals surface area contributed by atoms with Crippen molar-refractivity contribution in [3.05, 3.63) is 88.2 Å². The van der Waals surface area contributed by atoms with E-state index < -0.39 is 11.7 Å². The predicted molar refractivity (Wildman–Crippen MR) is 120 cm³/mol. The van der Waals surface area contributed by atoms with Crippen molar-refractivity contribution in [2.45, 2.75) is 25.2 Å². The number of nitrogens with two attached hydrogens (primary N) is 1. The molecule has 4 aromatic rings. The van der Waals surface area contributed by atoms with Gasteiger partial charge in [-0.1, -0.05) is 42.5 Å². The molecular weight excluding hydrogens is 397 g/mol. The summed E-state index contributed by atoms with van der Waals surface area (Å²) in [4.78, 5) is 18.7. The molecule has 2 aromatic heterocycles. The molecule has 0 saturated heterocycles. The molecule has 0 saturated carbocycles. The molecule has 0 spiro atoms. The zero-order valence-electron chi connectivity index (χ0n) is 16.2. The van der Waals surface area contributed by atoms with Crippen LogP contribution in [0.15, 0.2) is 60.7 Å². The maximum Gasteiger partial charge on any atom is 0.268 e. The van der Waals surface area contributed by atoms with Crippen LogP contribution in [0.4, 0.5) is 15.8 Å². The fraction of sp³-hybridized carbons (Fsp3) is 0.167. The smallest absolute Gasteiger partial charge is 0.268 e. The molecule has 0 radical (unpaired) electrons. The first-order valence-corrected chi connectivity index (χ1v) is 10.7. The van der Waals surface area contributed by atoms with Crippen LogP contribution in [0.25, 0.3) is 10.2 Å². The molecule has 2 heterocycles. The Labute approximate surface area is 177 Å². The van der Waals surface area contributed by atoms with Crippen LogP contribution < -0.4 is 11.1 Å². The summed E-state index contributed by atoms with van der Waals surface area (Å²) in [6.07, 6.45) is 2.87. The summed E-state index contributed by atoms with van der Waals surface area (Å²) in [5, 5.41) is 3.41. The normalized spacial score (nSPS) is 15.7. The lowest BCUT2D eigenvalue weighted by Gasteiger charge is -2.24. The molecule has 1 atom stereocenters. The molecule has 1 aliphatic carbocycles. The zero-order valence-corrected chi connectivity index (χ0v) is 17.0. The number of benzene rings is 2. The van der Waals surface area contributed by atoms with Gasteiger partial charge in [-0.05, 0) is 54.5 Å². The zero-order chi connectivity index (χ0) is 20.7. The fourth-order valence-electron chi connectivity index (χ4n) is 4.11. The van der Waals surface area contributed by atoms with Gasteiger partial charge < -0.3 is 11.1 Å². The van der Waals surface area contributed by atoms with Gasteiger partial charge >= 0.3 is 0 Å². The number of thiophene rings is 1. The molecule has 1 aliphatic rings. The second-order valence-electron chi connectivity index (χ2n) is 7.58. The molecule has 0 aliphatic heterocycles. The molecule has 5 rings (SSSR count). The van der Waals surface area contributed by atoms with E-state index in [1.54, 1.807) is 12.1 Å². The predicted octanol–water partition coefficient (Wildman–Crippen LogP) is 5.54. The largest absolute Gasteiger partial charge is 0.397 e. The number of pyridine rings is 1. The van der Waals surface area contributed by atoms with Crippen molar-refractivity contribution < 1.29 is 9.18 Å². The van der Waals surface area contributed by atoms with Gasteiger partial charge in [-0.25, -0.2) is 9.37 Å². The average molecular weight is 418 g/mol. The molecule has 6 heteroatoms. The molecule has 0 bridgehead atoms. The van der Waals surface area contributed by atoms with E-state index >= 15 is 0 Å². The van der Waals surface area contributed by atoms with E-state index in [0.29, 0.717) is 16.5 Å². The van der Waals surface area contributed by atoms with Gasteiger partial charge in [-0.2, -0.15) is 0 Å². The minimum Gasteiger partial charge on any atom is -0.397 e. The van der Waals surface area contributed by atoms with Crippen LogP contribution in [0.5, 0.6) is 0 Å². The number of amides is 1. The Kier molecular flexibility index (Phi) is 4.71. The molecule has 150 valence electrons. The highest BCUT2D eigenvalue weighted by Gasteiger charge is 2.24. The Balaban J connectivity index is 1.47. The number of nitrogens with one attached hydrogen (secondary N) is 1. The second kappa shape index (κ2) is 7.54. The quantitative estimate of drug-likeness (QED) is 0.460. The molecule has 30 heavy (non-hydrogen) atoms. The van der Waals surface area contributed by atoms with E-state index in [9.17, 15) is 9.18 Å². The van der Waals surface area contributed by atoms with E-state index in [0.717, 1.165) is 35.2 Å². The number of carbonyl (C=O) groups is 1. The van der Waals surface area contributed by atoms with Crippen LogP contribution in [-0.4, -0.2) is 10.9 Å². The first-order valence-electron chi connectivity index (χ1n) is 9.91. The monoisotopic (exact) mass is 417 g/mol. The highest BCUT2D eigenvalue weighted by Crippen LogP contribution is 2.38. The number of fused-ring (bicyclic) bond motifs is 2. The maximum absolute atomic E-state index is 13.9. The summed E-state index contributed by atoms with van der Waals surface area (Å²) in [5.74, 6) is -0.437. The number of rotatable bonds is 3. The lowest BCUT2D eigenvalue weighted by molar-refractivity contribution is 0.103. The van der Waals surface area contributed by atoms with Gasteiger partial charge in [0.15, 0.2) is 0 Å². The first kappa shape index (κ1) is 18.8. The highest BCUT2D eigenvalue weighted by atomic mass is 32.1. The third-order valence-corrected chi connectivity index (χ3v) is 6.80. The van der Waals surface area contributed by atoms with Crippen LogP contribution in [0, 0.1) is 5.82 Å². The van der Waals surface area contributed by atoms with Gasteiger partial charge in [-0.3, -0.25) is 4.79 Å². The van der Waals surface area contributed by atoms with Crippen LogP contribution in [0.1, 0.15) is 38.8 Å². The summed E-state index contributed by atoms with van der Waals surface area (Å²) in [7, 11) is 0. The Morgan fingerprint density at radius 2 is 1.90 bits per heavy atom. The summed E-state index contributed by atoms with van der Waals surface area (Å²) in [6.45, 7) is 0.